The highest BCUT2D eigenvalue weighted by atomic mass is 32.2. The van der Waals surface area contributed by atoms with Crippen LogP contribution >= 0.6 is 11.8 Å². The van der Waals surface area contributed by atoms with Crippen molar-refractivity contribution in [1.29, 1.82) is 0 Å². The zero-order valence-electron chi connectivity index (χ0n) is 15.8. The van der Waals surface area contributed by atoms with E-state index in [4.69, 9.17) is 0 Å². The van der Waals surface area contributed by atoms with Crippen LogP contribution in [0, 0.1) is 0 Å². The maximum atomic E-state index is 12.1. The molecule has 6 heteroatoms. The Balaban J connectivity index is 1.27. The summed E-state index contributed by atoms with van der Waals surface area (Å²) < 4.78 is 1.86. The average Bonchev–Trinajstić information content (AvgIpc) is 3.24. The highest BCUT2D eigenvalue weighted by Crippen LogP contribution is 2.47. The number of carbonyl (C=O) groups is 1. The number of aromatic nitrogens is 2. The first-order valence-electron chi connectivity index (χ1n) is 9.69. The molecular formula is C22H24N4OS. The van der Waals surface area contributed by atoms with Crippen molar-refractivity contribution in [3.05, 3.63) is 67.0 Å². The van der Waals surface area contributed by atoms with Crippen LogP contribution in [-0.4, -0.2) is 28.8 Å². The molecule has 0 spiro atoms. The number of nitrogens with zero attached hydrogens (tertiary/aromatic N) is 3. The first-order chi connectivity index (χ1) is 13.8. The molecule has 1 amide bonds. The summed E-state index contributed by atoms with van der Waals surface area (Å²) in [6.07, 6.45) is 5.92. The number of aryl methyl sites for hydroxylation is 1. The number of hydrogen-bond acceptors (Lipinski definition) is 4. The van der Waals surface area contributed by atoms with Gasteiger partial charge < -0.3 is 10.2 Å². The first-order valence-corrected chi connectivity index (χ1v) is 10.5. The molecule has 0 saturated carbocycles. The SMILES string of the molecule is O=C(CCCn1cccn1)NCCCN1c2ccccc2Sc2ccccc21. The number of rotatable bonds is 8. The van der Waals surface area contributed by atoms with Gasteiger partial charge in [0.1, 0.15) is 0 Å². The van der Waals surface area contributed by atoms with Gasteiger partial charge in [-0.2, -0.15) is 5.10 Å². The van der Waals surface area contributed by atoms with Crippen molar-refractivity contribution < 1.29 is 4.79 Å². The number of carbonyl (C=O) groups excluding carboxylic acids is 1. The zero-order chi connectivity index (χ0) is 19.2. The summed E-state index contributed by atoms with van der Waals surface area (Å²) in [6, 6.07) is 18.9. The fourth-order valence-electron chi connectivity index (χ4n) is 3.41. The highest BCUT2D eigenvalue weighted by Gasteiger charge is 2.22. The van der Waals surface area contributed by atoms with E-state index in [1.54, 1.807) is 6.20 Å². The maximum Gasteiger partial charge on any atom is 0.220 e. The number of fused-ring (bicyclic) bond motifs is 2. The van der Waals surface area contributed by atoms with Crippen molar-refractivity contribution in [3.8, 4) is 0 Å². The van der Waals surface area contributed by atoms with Crippen LogP contribution in [0.5, 0.6) is 0 Å². The molecule has 0 saturated heterocycles. The van der Waals surface area contributed by atoms with Gasteiger partial charge in [0, 0.05) is 48.2 Å². The second kappa shape index (κ2) is 8.97. The van der Waals surface area contributed by atoms with Gasteiger partial charge in [-0.1, -0.05) is 36.0 Å². The summed E-state index contributed by atoms with van der Waals surface area (Å²) in [4.78, 5) is 17.0. The molecule has 1 aromatic heterocycles. The largest absolute Gasteiger partial charge is 0.356 e. The number of para-hydroxylation sites is 2. The molecule has 4 rings (SSSR count). The number of amides is 1. The molecule has 2 heterocycles. The topological polar surface area (TPSA) is 50.2 Å². The predicted octanol–water partition coefficient (Wildman–Crippen LogP) is 4.47. The van der Waals surface area contributed by atoms with Gasteiger partial charge in [0.05, 0.1) is 11.4 Å². The molecule has 0 atom stereocenters. The summed E-state index contributed by atoms with van der Waals surface area (Å²) >= 11 is 1.82. The quantitative estimate of drug-likeness (QED) is 0.575. The number of hydrogen-bond donors (Lipinski definition) is 1. The van der Waals surface area contributed by atoms with Crippen molar-refractivity contribution in [2.75, 3.05) is 18.0 Å². The van der Waals surface area contributed by atoms with Gasteiger partial charge in [0.25, 0.3) is 0 Å². The van der Waals surface area contributed by atoms with E-state index < -0.39 is 0 Å². The van der Waals surface area contributed by atoms with Gasteiger partial charge in [-0.15, -0.1) is 0 Å². The second-order valence-electron chi connectivity index (χ2n) is 6.77. The van der Waals surface area contributed by atoms with E-state index in [1.165, 1.54) is 21.2 Å². The summed E-state index contributed by atoms with van der Waals surface area (Å²) in [5.74, 6) is 0.113. The molecule has 0 unspecified atom stereocenters. The van der Waals surface area contributed by atoms with Gasteiger partial charge in [0.2, 0.25) is 5.91 Å². The molecule has 0 aliphatic carbocycles. The van der Waals surface area contributed by atoms with Crippen molar-refractivity contribution in [1.82, 2.24) is 15.1 Å². The van der Waals surface area contributed by atoms with Crippen LogP contribution in [0.2, 0.25) is 0 Å². The van der Waals surface area contributed by atoms with Gasteiger partial charge in [-0.05, 0) is 43.2 Å². The Hall–Kier alpha value is -2.73. The van der Waals surface area contributed by atoms with E-state index in [-0.39, 0.29) is 5.91 Å². The monoisotopic (exact) mass is 392 g/mol. The second-order valence-corrected chi connectivity index (χ2v) is 7.85. The van der Waals surface area contributed by atoms with Gasteiger partial charge in [0.15, 0.2) is 0 Å². The van der Waals surface area contributed by atoms with E-state index in [0.29, 0.717) is 13.0 Å². The summed E-state index contributed by atoms with van der Waals surface area (Å²) in [5.41, 5.74) is 2.49. The van der Waals surface area contributed by atoms with Gasteiger partial charge >= 0.3 is 0 Å². The lowest BCUT2D eigenvalue weighted by atomic mass is 10.2. The molecule has 0 bridgehead atoms. The third-order valence-electron chi connectivity index (χ3n) is 4.76. The Morgan fingerprint density at radius 2 is 1.64 bits per heavy atom. The molecule has 28 heavy (non-hydrogen) atoms. The number of nitrogens with one attached hydrogen (secondary N) is 1. The third kappa shape index (κ3) is 4.39. The maximum absolute atomic E-state index is 12.1. The molecule has 2 aromatic carbocycles. The average molecular weight is 393 g/mol. The van der Waals surface area contributed by atoms with E-state index in [2.05, 4.69) is 63.8 Å². The lowest BCUT2D eigenvalue weighted by Crippen LogP contribution is -2.29. The zero-order valence-corrected chi connectivity index (χ0v) is 16.6. The summed E-state index contributed by atoms with van der Waals surface area (Å²) in [7, 11) is 0. The molecule has 0 radical (unpaired) electrons. The van der Waals surface area contributed by atoms with Gasteiger partial charge in [-0.25, -0.2) is 0 Å². The summed E-state index contributed by atoms with van der Waals surface area (Å²) in [6.45, 7) is 2.34. The lowest BCUT2D eigenvalue weighted by molar-refractivity contribution is -0.121. The number of anilines is 2. The Kier molecular flexibility index (Phi) is 5.97. The van der Waals surface area contributed by atoms with Crippen molar-refractivity contribution in [3.63, 3.8) is 0 Å². The first kappa shape index (κ1) is 18.6. The Morgan fingerprint density at radius 1 is 0.929 bits per heavy atom. The normalized spacial score (nSPS) is 12.4. The molecule has 144 valence electrons. The lowest BCUT2D eigenvalue weighted by Gasteiger charge is -2.32. The van der Waals surface area contributed by atoms with Crippen molar-refractivity contribution in [2.45, 2.75) is 35.6 Å². The Labute approximate surface area is 169 Å². The van der Waals surface area contributed by atoms with Crippen LogP contribution in [0.15, 0.2) is 76.8 Å². The molecular weight excluding hydrogens is 368 g/mol. The fourth-order valence-corrected chi connectivity index (χ4v) is 4.51. The minimum absolute atomic E-state index is 0.113. The molecule has 5 nitrogen and oxygen atoms in total. The van der Waals surface area contributed by atoms with E-state index in [9.17, 15) is 4.79 Å². The van der Waals surface area contributed by atoms with Crippen LogP contribution in [0.1, 0.15) is 19.3 Å². The van der Waals surface area contributed by atoms with Crippen molar-refractivity contribution >= 4 is 29.0 Å². The van der Waals surface area contributed by atoms with Crippen LogP contribution in [0.4, 0.5) is 11.4 Å². The van der Waals surface area contributed by atoms with E-state index in [1.807, 2.05) is 28.7 Å². The predicted molar refractivity (Wildman–Crippen MR) is 113 cm³/mol. The molecule has 1 aliphatic rings. The third-order valence-corrected chi connectivity index (χ3v) is 5.89. The van der Waals surface area contributed by atoms with Gasteiger partial charge in [-0.3, -0.25) is 9.48 Å². The highest BCUT2D eigenvalue weighted by molar-refractivity contribution is 7.99. The molecule has 3 aromatic rings. The number of benzene rings is 2. The van der Waals surface area contributed by atoms with Crippen LogP contribution in [-0.2, 0) is 11.3 Å². The molecule has 1 aliphatic heterocycles. The minimum atomic E-state index is 0.113. The van der Waals surface area contributed by atoms with E-state index >= 15 is 0 Å². The van der Waals surface area contributed by atoms with Crippen molar-refractivity contribution in [2.24, 2.45) is 0 Å². The Bertz CT molecular complexity index is 880. The van der Waals surface area contributed by atoms with Crippen LogP contribution < -0.4 is 10.2 Å². The fraction of sp³-hybridized carbons (Fsp3) is 0.273. The Morgan fingerprint density at radius 3 is 2.32 bits per heavy atom. The molecule has 0 fully saturated rings. The molecule has 1 N–H and O–H groups in total. The standard InChI is InChI=1S/C22H24N4OS/c27-22(12-5-15-25-16-7-14-24-25)23-13-6-17-26-18-8-1-3-10-20(18)28-21-11-4-2-9-19(21)26/h1-4,7-11,14,16H,5-6,12-13,15,17H2,(H,23,27). The minimum Gasteiger partial charge on any atom is -0.356 e. The van der Waals surface area contributed by atoms with Crippen LogP contribution in [0.25, 0.3) is 0 Å². The smallest absolute Gasteiger partial charge is 0.220 e. The van der Waals surface area contributed by atoms with Crippen LogP contribution in [0.3, 0.4) is 0 Å². The van der Waals surface area contributed by atoms with E-state index in [0.717, 1.165) is 25.9 Å². The summed E-state index contributed by atoms with van der Waals surface area (Å²) in [5, 5.41) is 7.20.